The van der Waals surface area contributed by atoms with Crippen molar-refractivity contribution in [2.45, 2.75) is 26.2 Å². The molecule has 5 rings (SSSR count). The molecule has 0 saturated carbocycles. The highest BCUT2D eigenvalue weighted by Gasteiger charge is 2.20. The van der Waals surface area contributed by atoms with Gasteiger partial charge in [0.1, 0.15) is 17.8 Å². The van der Waals surface area contributed by atoms with Crippen molar-refractivity contribution >= 4 is 28.6 Å². The molecule has 2 amide bonds. The Hall–Kier alpha value is -4.73. The second kappa shape index (κ2) is 8.90. The van der Waals surface area contributed by atoms with Crippen molar-refractivity contribution in [3.63, 3.8) is 0 Å². The van der Waals surface area contributed by atoms with Crippen molar-refractivity contribution in [2.75, 3.05) is 10.6 Å². The molecule has 0 aliphatic carbocycles. The summed E-state index contributed by atoms with van der Waals surface area (Å²) in [6, 6.07) is 15.9. The lowest BCUT2D eigenvalue weighted by atomic mass is 9.92. The summed E-state index contributed by atoms with van der Waals surface area (Å²) >= 11 is 0. The molecule has 0 spiro atoms. The van der Waals surface area contributed by atoms with E-state index in [9.17, 15) is 4.79 Å². The van der Waals surface area contributed by atoms with E-state index < -0.39 is 6.03 Å². The number of nitrogens with one attached hydrogen (secondary N) is 3. The zero-order valence-electron chi connectivity index (χ0n) is 19.4. The molecule has 0 atom stereocenters. The van der Waals surface area contributed by atoms with E-state index in [0.717, 1.165) is 22.3 Å². The molecule has 0 saturated heterocycles. The third-order valence-electron chi connectivity index (χ3n) is 5.25. The molecule has 3 aromatic heterocycles. The molecule has 3 N–H and O–H groups in total. The van der Waals surface area contributed by atoms with Crippen molar-refractivity contribution in [1.82, 2.24) is 25.3 Å². The normalized spacial score (nSPS) is 11.4. The van der Waals surface area contributed by atoms with Gasteiger partial charge in [0, 0.05) is 22.7 Å². The number of rotatable bonds is 5. The van der Waals surface area contributed by atoms with Crippen molar-refractivity contribution in [2.24, 2.45) is 0 Å². The van der Waals surface area contributed by atoms with Crippen LogP contribution in [0.3, 0.4) is 0 Å². The number of benzene rings is 2. The van der Waals surface area contributed by atoms with Gasteiger partial charge in [-0.3, -0.25) is 10.4 Å². The van der Waals surface area contributed by atoms with Gasteiger partial charge in [-0.05, 0) is 36.4 Å². The van der Waals surface area contributed by atoms with E-state index in [4.69, 9.17) is 9.26 Å². The molecule has 0 aliphatic rings. The van der Waals surface area contributed by atoms with Crippen LogP contribution in [0, 0.1) is 0 Å². The molecule has 0 aliphatic heterocycles. The fourth-order valence-corrected chi connectivity index (χ4v) is 3.43. The topological polar surface area (TPSA) is 131 Å². The first kappa shape index (κ1) is 22.1. The van der Waals surface area contributed by atoms with Gasteiger partial charge in [-0.25, -0.2) is 14.8 Å². The van der Waals surface area contributed by atoms with Crippen LogP contribution in [0.25, 0.3) is 22.3 Å². The van der Waals surface area contributed by atoms with E-state index in [0.29, 0.717) is 22.8 Å². The number of hydrogen-bond acceptors (Lipinski definition) is 7. The fraction of sp³-hybridized carbons (Fsp3) is 0.160. The molecule has 0 unspecified atom stereocenters. The lowest BCUT2D eigenvalue weighted by molar-refractivity contribution is 0.261. The number of para-hydroxylation sites is 1. The van der Waals surface area contributed by atoms with Crippen LogP contribution < -0.4 is 15.4 Å². The van der Waals surface area contributed by atoms with Crippen LogP contribution in [0.1, 0.15) is 26.5 Å². The van der Waals surface area contributed by atoms with E-state index in [-0.39, 0.29) is 11.3 Å². The Balaban J connectivity index is 1.28. The van der Waals surface area contributed by atoms with E-state index >= 15 is 0 Å². The number of hydrogen-bond donors (Lipinski definition) is 3. The standard InChI is InChI=1S/C25H23N7O3/c1-25(2,3)20-12-21(35-32-20)30-24(33)29-15-8-10-16(11-9-15)34-19-7-5-4-6-17(19)22-18-13-28-31-23(18)27-14-26-22/h4-14H,1-3H3,(H2,29,30,33)(H,26,27,28,31). The summed E-state index contributed by atoms with van der Waals surface area (Å²) in [5, 5.41) is 17.1. The number of carbonyl (C=O) groups is 1. The first-order valence-corrected chi connectivity index (χ1v) is 10.9. The number of nitrogens with zero attached hydrogens (tertiary/aromatic N) is 4. The lowest BCUT2D eigenvalue weighted by Gasteiger charge is -2.12. The summed E-state index contributed by atoms with van der Waals surface area (Å²) in [5.74, 6) is 1.51. The number of H-pyrrole nitrogens is 1. The van der Waals surface area contributed by atoms with Crippen LogP contribution in [-0.4, -0.2) is 31.4 Å². The predicted octanol–water partition coefficient (Wildman–Crippen LogP) is 5.74. The molecule has 0 radical (unpaired) electrons. The third kappa shape index (κ3) is 4.81. The molecule has 0 fully saturated rings. The molecule has 5 aromatic rings. The number of carbonyl (C=O) groups excluding carboxylic acids is 1. The van der Waals surface area contributed by atoms with Gasteiger partial charge in [-0.2, -0.15) is 5.10 Å². The van der Waals surface area contributed by atoms with Crippen LogP contribution >= 0.6 is 0 Å². The summed E-state index contributed by atoms with van der Waals surface area (Å²) in [6.45, 7) is 6.05. The highest BCUT2D eigenvalue weighted by atomic mass is 16.5. The Morgan fingerprint density at radius 3 is 2.60 bits per heavy atom. The number of aromatic amines is 1. The highest BCUT2D eigenvalue weighted by molar-refractivity contribution is 5.99. The maximum atomic E-state index is 12.3. The highest BCUT2D eigenvalue weighted by Crippen LogP contribution is 2.35. The van der Waals surface area contributed by atoms with Gasteiger partial charge in [0.05, 0.1) is 23.0 Å². The average Bonchev–Trinajstić information content (AvgIpc) is 3.50. The van der Waals surface area contributed by atoms with Crippen LogP contribution in [0.4, 0.5) is 16.4 Å². The zero-order valence-corrected chi connectivity index (χ0v) is 19.4. The third-order valence-corrected chi connectivity index (χ3v) is 5.25. The zero-order chi connectivity index (χ0) is 24.4. The predicted molar refractivity (Wildman–Crippen MR) is 131 cm³/mol. The second-order valence-corrected chi connectivity index (χ2v) is 8.88. The molecular formula is C25H23N7O3. The Bertz CT molecular complexity index is 1480. The number of amides is 2. The van der Waals surface area contributed by atoms with E-state index in [1.54, 1.807) is 36.5 Å². The molecular weight excluding hydrogens is 446 g/mol. The summed E-state index contributed by atoms with van der Waals surface area (Å²) in [6.07, 6.45) is 3.18. The number of ether oxygens (including phenoxy) is 1. The van der Waals surface area contributed by atoms with Gasteiger partial charge >= 0.3 is 6.03 Å². The first-order valence-electron chi connectivity index (χ1n) is 10.9. The Morgan fingerprint density at radius 2 is 1.83 bits per heavy atom. The maximum absolute atomic E-state index is 12.3. The average molecular weight is 470 g/mol. The first-order chi connectivity index (χ1) is 16.9. The minimum absolute atomic E-state index is 0.174. The number of anilines is 2. The van der Waals surface area contributed by atoms with E-state index in [2.05, 4.69) is 36.0 Å². The van der Waals surface area contributed by atoms with Gasteiger partial charge in [0.25, 0.3) is 0 Å². The summed E-state index contributed by atoms with van der Waals surface area (Å²) in [4.78, 5) is 21.0. The molecule has 3 heterocycles. The van der Waals surface area contributed by atoms with Crippen molar-refractivity contribution < 1.29 is 14.1 Å². The van der Waals surface area contributed by atoms with Gasteiger partial charge in [-0.1, -0.05) is 38.1 Å². The van der Waals surface area contributed by atoms with Crippen LogP contribution in [0.2, 0.25) is 0 Å². The minimum atomic E-state index is -0.437. The Morgan fingerprint density at radius 1 is 1.03 bits per heavy atom. The summed E-state index contributed by atoms with van der Waals surface area (Å²) in [5.41, 5.74) is 3.35. The molecule has 2 aromatic carbocycles. The van der Waals surface area contributed by atoms with Crippen molar-refractivity contribution in [3.8, 4) is 22.8 Å². The maximum Gasteiger partial charge on any atom is 0.326 e. The van der Waals surface area contributed by atoms with Gasteiger partial charge in [0.2, 0.25) is 5.88 Å². The van der Waals surface area contributed by atoms with Gasteiger partial charge in [0.15, 0.2) is 5.65 Å². The van der Waals surface area contributed by atoms with Crippen LogP contribution in [-0.2, 0) is 5.41 Å². The quantitative estimate of drug-likeness (QED) is 0.299. The van der Waals surface area contributed by atoms with Crippen LogP contribution in [0.5, 0.6) is 11.5 Å². The van der Waals surface area contributed by atoms with Gasteiger partial charge in [-0.15, -0.1) is 0 Å². The molecule has 176 valence electrons. The molecule has 35 heavy (non-hydrogen) atoms. The lowest BCUT2D eigenvalue weighted by Crippen LogP contribution is -2.19. The van der Waals surface area contributed by atoms with E-state index in [1.165, 1.54) is 6.33 Å². The van der Waals surface area contributed by atoms with Gasteiger partial charge < -0.3 is 14.6 Å². The summed E-state index contributed by atoms with van der Waals surface area (Å²) in [7, 11) is 0. The second-order valence-electron chi connectivity index (χ2n) is 8.88. The number of fused-ring (bicyclic) bond motifs is 1. The number of urea groups is 1. The SMILES string of the molecule is CC(C)(C)c1cc(NC(=O)Nc2ccc(Oc3ccccc3-c3ncnc4[nH]ncc34)cc2)on1. The largest absolute Gasteiger partial charge is 0.457 e. The molecule has 10 nitrogen and oxygen atoms in total. The van der Waals surface area contributed by atoms with Crippen molar-refractivity contribution in [1.29, 1.82) is 0 Å². The Labute approximate surface area is 200 Å². The van der Waals surface area contributed by atoms with Crippen molar-refractivity contribution in [3.05, 3.63) is 72.8 Å². The smallest absolute Gasteiger partial charge is 0.326 e. The molecule has 10 heteroatoms. The fourth-order valence-electron chi connectivity index (χ4n) is 3.43. The monoisotopic (exact) mass is 469 g/mol. The van der Waals surface area contributed by atoms with E-state index in [1.807, 2.05) is 45.0 Å². The summed E-state index contributed by atoms with van der Waals surface area (Å²) < 4.78 is 11.3. The van der Waals surface area contributed by atoms with Crippen LogP contribution in [0.15, 0.2) is 71.6 Å². The Kier molecular flexibility index (Phi) is 5.61. The minimum Gasteiger partial charge on any atom is -0.457 e. The number of aromatic nitrogens is 5. The molecule has 0 bridgehead atoms.